The van der Waals surface area contributed by atoms with Crippen molar-refractivity contribution in [1.29, 1.82) is 0 Å². The van der Waals surface area contributed by atoms with Gasteiger partial charge in [0.15, 0.2) is 11.5 Å². The van der Waals surface area contributed by atoms with Crippen molar-refractivity contribution in [3.05, 3.63) is 59.9 Å². The smallest absolute Gasteiger partial charge is 0.240 e. The largest absolute Gasteiger partial charge is 0.482 e. The van der Waals surface area contributed by atoms with Crippen molar-refractivity contribution in [2.45, 2.75) is 39.5 Å². The Hall–Kier alpha value is -2.97. The molecule has 0 aliphatic rings. The molecule has 8 heteroatoms. The van der Waals surface area contributed by atoms with E-state index in [2.05, 4.69) is 15.5 Å². The molecule has 0 spiro atoms. The van der Waals surface area contributed by atoms with Crippen molar-refractivity contribution in [2.75, 3.05) is 13.7 Å². The Labute approximate surface area is 171 Å². The van der Waals surface area contributed by atoms with E-state index in [1.165, 1.54) is 0 Å². The van der Waals surface area contributed by atoms with Crippen LogP contribution in [0.15, 0.2) is 48.5 Å². The Balaban J connectivity index is 0.00000300. The average molecular weight is 399 g/mol. The van der Waals surface area contributed by atoms with E-state index in [0.717, 1.165) is 5.56 Å². The number of carbonyl (C=O) groups excluding carboxylic acids is 1. The average Bonchev–Trinajstić information content (AvgIpc) is 3.11. The van der Waals surface area contributed by atoms with Crippen molar-refractivity contribution >= 4 is 11.6 Å². The maximum Gasteiger partial charge on any atom is 0.240 e. The molecule has 0 fully saturated rings. The summed E-state index contributed by atoms with van der Waals surface area (Å²) in [5.41, 5.74) is 6.56. The number of ether oxygens (including phenoxy) is 2. The third-order valence-corrected chi connectivity index (χ3v) is 4.23. The van der Waals surface area contributed by atoms with Crippen LogP contribution in [0.25, 0.3) is 5.65 Å². The van der Waals surface area contributed by atoms with Crippen LogP contribution in [0.2, 0.25) is 0 Å². The summed E-state index contributed by atoms with van der Waals surface area (Å²) in [4.78, 5) is 12.5. The predicted molar refractivity (Wildman–Crippen MR) is 112 cm³/mol. The van der Waals surface area contributed by atoms with E-state index in [4.69, 9.17) is 15.2 Å². The summed E-state index contributed by atoms with van der Waals surface area (Å²) in [6, 6.07) is 14.7. The van der Waals surface area contributed by atoms with Gasteiger partial charge in [-0.25, -0.2) is 4.40 Å². The van der Waals surface area contributed by atoms with E-state index in [1.807, 2.05) is 42.5 Å². The minimum atomic E-state index is -1.04. The highest BCUT2D eigenvalue weighted by Crippen LogP contribution is 2.21. The third-order valence-electron chi connectivity index (χ3n) is 4.23. The molecule has 0 radical (unpaired) electrons. The Morgan fingerprint density at radius 2 is 1.90 bits per heavy atom. The van der Waals surface area contributed by atoms with Crippen LogP contribution in [0.1, 0.15) is 38.7 Å². The first-order chi connectivity index (χ1) is 13.4. The SMILES string of the molecule is C.COc1cccc2nnc([C@@H](COCc3ccccc3)NC(=O)C(C)(C)N)n12. The second-order valence-corrected chi connectivity index (χ2v) is 7.07. The highest BCUT2D eigenvalue weighted by atomic mass is 16.5. The van der Waals surface area contributed by atoms with Crippen molar-refractivity contribution in [2.24, 2.45) is 5.73 Å². The minimum Gasteiger partial charge on any atom is -0.482 e. The fourth-order valence-corrected chi connectivity index (χ4v) is 2.71. The zero-order chi connectivity index (χ0) is 20.1. The molecule has 8 nitrogen and oxygen atoms in total. The van der Waals surface area contributed by atoms with Gasteiger partial charge in [-0.2, -0.15) is 0 Å². The van der Waals surface area contributed by atoms with Crippen LogP contribution in [0.5, 0.6) is 5.88 Å². The van der Waals surface area contributed by atoms with Crippen molar-refractivity contribution in [3.8, 4) is 5.88 Å². The number of nitrogens with two attached hydrogens (primary N) is 1. The number of amides is 1. The number of hydrogen-bond donors (Lipinski definition) is 2. The second-order valence-electron chi connectivity index (χ2n) is 7.07. The first kappa shape index (κ1) is 22.3. The Morgan fingerprint density at radius 1 is 1.17 bits per heavy atom. The van der Waals surface area contributed by atoms with Gasteiger partial charge in [0, 0.05) is 0 Å². The van der Waals surface area contributed by atoms with Crippen LogP contribution in [0.4, 0.5) is 0 Å². The number of rotatable bonds is 8. The highest BCUT2D eigenvalue weighted by Gasteiger charge is 2.28. The molecule has 1 atom stereocenters. The lowest BCUT2D eigenvalue weighted by Gasteiger charge is -2.23. The molecule has 0 unspecified atom stereocenters. The van der Waals surface area contributed by atoms with Crippen LogP contribution < -0.4 is 15.8 Å². The molecule has 0 saturated heterocycles. The van der Waals surface area contributed by atoms with Gasteiger partial charge in [0.05, 0.1) is 25.9 Å². The summed E-state index contributed by atoms with van der Waals surface area (Å²) in [5, 5.41) is 11.4. The maximum absolute atomic E-state index is 12.5. The summed E-state index contributed by atoms with van der Waals surface area (Å²) >= 11 is 0. The molecule has 2 heterocycles. The lowest BCUT2D eigenvalue weighted by Crippen LogP contribution is -2.51. The molecule has 3 N–H and O–H groups in total. The second kappa shape index (κ2) is 9.49. The first-order valence-electron chi connectivity index (χ1n) is 8.99. The summed E-state index contributed by atoms with van der Waals surface area (Å²) < 4.78 is 13.0. The van der Waals surface area contributed by atoms with Crippen molar-refractivity contribution in [3.63, 3.8) is 0 Å². The number of aromatic nitrogens is 3. The maximum atomic E-state index is 12.5. The van der Waals surface area contributed by atoms with Gasteiger partial charge < -0.3 is 20.5 Å². The number of nitrogens with one attached hydrogen (secondary N) is 1. The number of methoxy groups -OCH3 is 1. The van der Waals surface area contributed by atoms with E-state index in [-0.39, 0.29) is 19.9 Å². The molecule has 0 saturated carbocycles. The molecule has 29 heavy (non-hydrogen) atoms. The fourth-order valence-electron chi connectivity index (χ4n) is 2.71. The topological polar surface area (TPSA) is 104 Å². The highest BCUT2D eigenvalue weighted by molar-refractivity contribution is 5.85. The number of carbonyl (C=O) groups is 1. The summed E-state index contributed by atoms with van der Waals surface area (Å²) in [6.07, 6.45) is 0. The van der Waals surface area contributed by atoms with Gasteiger partial charge in [-0.1, -0.05) is 43.8 Å². The van der Waals surface area contributed by atoms with Gasteiger partial charge >= 0.3 is 0 Å². The molecule has 0 bridgehead atoms. The standard InChI is InChI=1S/C20H25N5O3.CH4/c1-20(2,21)19(26)22-15(13-28-12-14-8-5-4-6-9-14)18-24-23-16-10-7-11-17(27-3)25(16)18;/h4-11,15H,12-13,21H2,1-3H3,(H,22,26);1H4/t15-;/m1./s1. The number of fused-ring (bicyclic) bond motifs is 1. The van der Waals surface area contributed by atoms with Crippen molar-refractivity contribution < 1.29 is 14.3 Å². The van der Waals surface area contributed by atoms with Crippen LogP contribution >= 0.6 is 0 Å². The summed E-state index contributed by atoms with van der Waals surface area (Å²) in [6.45, 7) is 3.90. The van der Waals surface area contributed by atoms with Gasteiger partial charge in [0.25, 0.3) is 0 Å². The van der Waals surface area contributed by atoms with Crippen LogP contribution in [0.3, 0.4) is 0 Å². The molecule has 0 aliphatic heterocycles. The first-order valence-corrected chi connectivity index (χ1v) is 8.99. The summed E-state index contributed by atoms with van der Waals surface area (Å²) in [7, 11) is 1.57. The van der Waals surface area contributed by atoms with Crippen LogP contribution in [0, 0.1) is 0 Å². The molecule has 3 aromatic rings. The monoisotopic (exact) mass is 399 g/mol. The fraction of sp³-hybridized carbons (Fsp3) is 0.381. The van der Waals surface area contributed by atoms with E-state index < -0.39 is 11.6 Å². The Bertz CT molecular complexity index is 934. The molecular formula is C21H29N5O3. The quantitative estimate of drug-likeness (QED) is 0.603. The van der Waals surface area contributed by atoms with Gasteiger partial charge in [-0.05, 0) is 31.5 Å². The number of hydrogen-bond acceptors (Lipinski definition) is 6. The molecular weight excluding hydrogens is 370 g/mol. The zero-order valence-corrected chi connectivity index (χ0v) is 16.3. The van der Waals surface area contributed by atoms with E-state index in [9.17, 15) is 4.79 Å². The lowest BCUT2D eigenvalue weighted by molar-refractivity contribution is -0.126. The van der Waals surface area contributed by atoms with E-state index in [1.54, 1.807) is 31.4 Å². The van der Waals surface area contributed by atoms with E-state index in [0.29, 0.717) is 24.0 Å². The minimum absolute atomic E-state index is 0. The van der Waals surface area contributed by atoms with Gasteiger partial charge in [0.1, 0.15) is 6.04 Å². The normalized spacial score (nSPS) is 12.3. The van der Waals surface area contributed by atoms with Crippen LogP contribution in [-0.2, 0) is 16.1 Å². The molecule has 2 aromatic heterocycles. The molecule has 156 valence electrons. The van der Waals surface area contributed by atoms with Gasteiger partial charge in [-0.15, -0.1) is 10.2 Å². The molecule has 1 aromatic carbocycles. The number of benzene rings is 1. The zero-order valence-electron chi connectivity index (χ0n) is 16.3. The van der Waals surface area contributed by atoms with Crippen LogP contribution in [-0.4, -0.2) is 39.8 Å². The molecule has 1 amide bonds. The third kappa shape index (κ3) is 5.30. The number of pyridine rings is 1. The van der Waals surface area contributed by atoms with E-state index >= 15 is 0 Å². The predicted octanol–water partition coefficient (Wildman–Crippen LogP) is 2.49. The molecule has 0 aliphatic carbocycles. The van der Waals surface area contributed by atoms with Crippen molar-refractivity contribution in [1.82, 2.24) is 19.9 Å². The van der Waals surface area contributed by atoms with Gasteiger partial charge in [-0.3, -0.25) is 4.79 Å². The lowest BCUT2D eigenvalue weighted by atomic mass is 10.1. The summed E-state index contributed by atoms with van der Waals surface area (Å²) in [5.74, 6) is 0.761. The van der Waals surface area contributed by atoms with Gasteiger partial charge in [0.2, 0.25) is 11.8 Å². The molecule has 3 rings (SSSR count). The Morgan fingerprint density at radius 3 is 2.55 bits per heavy atom. The Kier molecular flexibility index (Phi) is 7.30. The number of nitrogens with zero attached hydrogens (tertiary/aromatic N) is 3.